The lowest BCUT2D eigenvalue weighted by Gasteiger charge is -2.21. The first-order valence-corrected chi connectivity index (χ1v) is 6.08. The fraction of sp³-hybridized carbons (Fsp3) is 0.143. The molecule has 0 N–H and O–H groups in total. The predicted molar refractivity (Wildman–Crippen MR) is 74.3 cm³/mol. The molecule has 19 heavy (non-hydrogen) atoms. The highest BCUT2D eigenvalue weighted by atomic mass is 35.5. The van der Waals surface area contributed by atoms with Crippen molar-refractivity contribution in [2.75, 3.05) is 12.0 Å². The van der Waals surface area contributed by atoms with Gasteiger partial charge in [0.2, 0.25) is 0 Å². The lowest BCUT2D eigenvalue weighted by atomic mass is 10.2. The van der Waals surface area contributed by atoms with Crippen molar-refractivity contribution in [3.63, 3.8) is 0 Å². The average Bonchev–Trinajstić information content (AvgIpc) is 2.45. The van der Waals surface area contributed by atoms with Gasteiger partial charge in [-0.05, 0) is 29.8 Å². The van der Waals surface area contributed by atoms with Crippen LogP contribution in [-0.4, -0.2) is 18.2 Å². The highest BCUT2D eigenvalue weighted by molar-refractivity contribution is 6.30. The summed E-state index contributed by atoms with van der Waals surface area (Å²) >= 11 is 5.95. The number of anilines is 1. The van der Waals surface area contributed by atoms with Gasteiger partial charge in [0.15, 0.2) is 0 Å². The number of carbonyl (C=O) groups excluding carboxylic acids is 1. The second-order valence-electron chi connectivity index (χ2n) is 3.90. The van der Waals surface area contributed by atoms with Crippen LogP contribution in [-0.2, 0) is 11.3 Å². The molecule has 1 aromatic carbocycles. The Kier molecular flexibility index (Phi) is 4.36. The Morgan fingerprint density at radius 1 is 1.37 bits per heavy atom. The normalized spacial score (nSPS) is 10.0. The number of halogens is 1. The molecule has 4 nitrogen and oxygen atoms in total. The monoisotopic (exact) mass is 276 g/mol. The number of aromatic nitrogens is 1. The molecule has 0 spiro atoms. The molecule has 0 fully saturated rings. The molecule has 1 aromatic heterocycles. The van der Waals surface area contributed by atoms with Crippen molar-refractivity contribution in [1.82, 2.24) is 4.98 Å². The largest absolute Gasteiger partial charge is 0.452 e. The second kappa shape index (κ2) is 6.20. The molecule has 1 heterocycles. The summed E-state index contributed by atoms with van der Waals surface area (Å²) in [5, 5.41) is 0.567. The fourth-order valence-electron chi connectivity index (χ4n) is 1.69. The van der Waals surface area contributed by atoms with Crippen molar-refractivity contribution in [3.8, 4) is 0 Å². The van der Waals surface area contributed by atoms with E-state index >= 15 is 0 Å². The summed E-state index contributed by atoms with van der Waals surface area (Å²) in [6, 6.07) is 10.8. The molecular weight excluding hydrogens is 264 g/mol. The molecule has 5 heteroatoms. The Balaban J connectivity index is 2.29. The first kappa shape index (κ1) is 13.4. The van der Waals surface area contributed by atoms with E-state index in [0.717, 1.165) is 5.56 Å². The zero-order valence-electron chi connectivity index (χ0n) is 10.4. The maximum atomic E-state index is 11.9. The quantitative estimate of drug-likeness (QED) is 0.861. The zero-order chi connectivity index (χ0) is 13.7. The Labute approximate surface area is 116 Å². The van der Waals surface area contributed by atoms with Crippen LogP contribution in [0.2, 0.25) is 5.02 Å². The SMILES string of the molecule is COC(=O)N(Cc1cccnc1)c1cccc(Cl)c1. The van der Waals surface area contributed by atoms with Crippen molar-refractivity contribution >= 4 is 23.4 Å². The first-order valence-electron chi connectivity index (χ1n) is 5.70. The van der Waals surface area contributed by atoms with E-state index in [1.54, 1.807) is 36.7 Å². The van der Waals surface area contributed by atoms with Crippen LogP contribution in [0.15, 0.2) is 48.8 Å². The van der Waals surface area contributed by atoms with E-state index in [9.17, 15) is 4.79 Å². The van der Waals surface area contributed by atoms with Gasteiger partial charge < -0.3 is 4.74 Å². The third-order valence-corrected chi connectivity index (χ3v) is 2.81. The van der Waals surface area contributed by atoms with Crippen molar-refractivity contribution in [2.45, 2.75) is 6.54 Å². The van der Waals surface area contributed by atoms with E-state index in [1.807, 2.05) is 12.1 Å². The molecule has 0 atom stereocenters. The van der Waals surface area contributed by atoms with Gasteiger partial charge in [0.05, 0.1) is 13.7 Å². The number of nitrogens with zero attached hydrogens (tertiary/aromatic N) is 2. The van der Waals surface area contributed by atoms with Crippen molar-refractivity contribution in [2.24, 2.45) is 0 Å². The topological polar surface area (TPSA) is 42.4 Å². The minimum Gasteiger partial charge on any atom is -0.452 e. The third kappa shape index (κ3) is 3.45. The van der Waals surface area contributed by atoms with E-state index in [4.69, 9.17) is 16.3 Å². The van der Waals surface area contributed by atoms with E-state index in [0.29, 0.717) is 17.3 Å². The number of rotatable bonds is 3. The molecule has 0 aliphatic heterocycles. The van der Waals surface area contributed by atoms with Gasteiger partial charge in [0.25, 0.3) is 0 Å². The van der Waals surface area contributed by atoms with E-state index < -0.39 is 6.09 Å². The average molecular weight is 277 g/mol. The van der Waals surface area contributed by atoms with E-state index in [-0.39, 0.29) is 0 Å². The second-order valence-corrected chi connectivity index (χ2v) is 4.33. The van der Waals surface area contributed by atoms with Crippen LogP contribution in [0.5, 0.6) is 0 Å². The Bertz CT molecular complexity index is 560. The predicted octanol–water partition coefficient (Wildman–Crippen LogP) is 3.51. The van der Waals surface area contributed by atoms with E-state index in [2.05, 4.69) is 4.98 Å². The molecule has 0 saturated carbocycles. The van der Waals surface area contributed by atoms with Gasteiger partial charge in [0.1, 0.15) is 0 Å². The van der Waals surface area contributed by atoms with Gasteiger partial charge in [-0.15, -0.1) is 0 Å². The number of ether oxygens (including phenoxy) is 1. The summed E-state index contributed by atoms with van der Waals surface area (Å²) < 4.78 is 4.80. The summed E-state index contributed by atoms with van der Waals surface area (Å²) in [5.41, 5.74) is 1.59. The Morgan fingerprint density at radius 3 is 2.84 bits per heavy atom. The number of hydrogen-bond acceptors (Lipinski definition) is 3. The standard InChI is InChI=1S/C14H13ClN2O2/c1-19-14(18)17(10-11-4-3-7-16-9-11)13-6-2-5-12(15)8-13/h2-9H,10H2,1H3. The van der Waals surface area contributed by atoms with Crippen LogP contribution in [0, 0.1) is 0 Å². The van der Waals surface area contributed by atoms with E-state index in [1.165, 1.54) is 12.0 Å². The van der Waals surface area contributed by atoms with Crippen molar-refractivity contribution in [1.29, 1.82) is 0 Å². The minimum absolute atomic E-state index is 0.376. The summed E-state index contributed by atoms with van der Waals surface area (Å²) in [6.07, 6.45) is 2.96. The van der Waals surface area contributed by atoms with Crippen molar-refractivity contribution < 1.29 is 9.53 Å². The number of methoxy groups -OCH3 is 1. The van der Waals surface area contributed by atoms with Gasteiger partial charge in [-0.1, -0.05) is 23.7 Å². The molecule has 0 bridgehead atoms. The highest BCUT2D eigenvalue weighted by Crippen LogP contribution is 2.22. The zero-order valence-corrected chi connectivity index (χ0v) is 11.2. The summed E-state index contributed by atoms with van der Waals surface area (Å²) in [4.78, 5) is 17.4. The highest BCUT2D eigenvalue weighted by Gasteiger charge is 2.16. The van der Waals surface area contributed by atoms with Gasteiger partial charge in [-0.25, -0.2) is 4.79 Å². The molecule has 2 aromatic rings. The van der Waals surface area contributed by atoms with Gasteiger partial charge in [-0.2, -0.15) is 0 Å². The Hall–Kier alpha value is -2.07. The molecule has 0 radical (unpaired) electrons. The minimum atomic E-state index is -0.439. The van der Waals surface area contributed by atoms with Crippen LogP contribution in [0.4, 0.5) is 10.5 Å². The maximum absolute atomic E-state index is 11.9. The molecule has 0 unspecified atom stereocenters. The Morgan fingerprint density at radius 2 is 2.21 bits per heavy atom. The molecule has 1 amide bonds. The van der Waals surface area contributed by atoms with Crippen LogP contribution in [0.3, 0.4) is 0 Å². The number of carbonyl (C=O) groups is 1. The smallest absolute Gasteiger partial charge is 0.414 e. The lowest BCUT2D eigenvalue weighted by molar-refractivity contribution is 0.178. The van der Waals surface area contributed by atoms with Crippen LogP contribution < -0.4 is 4.90 Å². The van der Waals surface area contributed by atoms with Gasteiger partial charge in [0, 0.05) is 23.1 Å². The number of hydrogen-bond donors (Lipinski definition) is 0. The summed E-state index contributed by atoms with van der Waals surface area (Å²) in [5.74, 6) is 0. The molecular formula is C14H13ClN2O2. The molecule has 0 aliphatic rings. The number of pyridine rings is 1. The number of amides is 1. The first-order chi connectivity index (χ1) is 9.20. The molecule has 0 saturated heterocycles. The number of benzene rings is 1. The van der Waals surface area contributed by atoms with Crippen LogP contribution >= 0.6 is 11.6 Å². The molecule has 98 valence electrons. The third-order valence-electron chi connectivity index (χ3n) is 2.58. The maximum Gasteiger partial charge on any atom is 0.414 e. The molecule has 2 rings (SSSR count). The van der Waals surface area contributed by atoms with Gasteiger partial charge >= 0.3 is 6.09 Å². The van der Waals surface area contributed by atoms with Crippen LogP contribution in [0.25, 0.3) is 0 Å². The molecule has 0 aliphatic carbocycles. The summed E-state index contributed by atoms with van der Waals surface area (Å²) in [6.45, 7) is 0.376. The lowest BCUT2D eigenvalue weighted by Crippen LogP contribution is -2.30. The fourth-order valence-corrected chi connectivity index (χ4v) is 1.87. The summed E-state index contributed by atoms with van der Waals surface area (Å²) in [7, 11) is 1.35. The van der Waals surface area contributed by atoms with Gasteiger partial charge in [-0.3, -0.25) is 9.88 Å². The van der Waals surface area contributed by atoms with Crippen molar-refractivity contribution in [3.05, 3.63) is 59.4 Å². The van der Waals surface area contributed by atoms with Crippen LogP contribution in [0.1, 0.15) is 5.56 Å².